The number of nitrogens with one attached hydrogen (secondary N) is 4. The number of methoxy groups -OCH3 is 2. The lowest BCUT2D eigenvalue weighted by atomic mass is 9.93. The zero-order valence-electron chi connectivity index (χ0n) is 35.5. The normalized spacial score (nSPS) is 16.7. The van der Waals surface area contributed by atoms with E-state index in [-0.39, 0.29) is 29.8 Å². The Morgan fingerprint density at radius 1 is 0.742 bits per heavy atom. The molecular weight excluding hydrogens is 785 g/mol. The first-order valence-corrected chi connectivity index (χ1v) is 20.7. The van der Waals surface area contributed by atoms with Crippen molar-refractivity contribution < 1.29 is 28.7 Å². The van der Waals surface area contributed by atoms with Crippen LogP contribution >= 0.6 is 0 Å². The highest BCUT2D eigenvalue weighted by Crippen LogP contribution is 2.36. The maximum absolute atomic E-state index is 13.9. The second-order valence-corrected chi connectivity index (χ2v) is 15.7. The van der Waals surface area contributed by atoms with Crippen molar-refractivity contribution in [2.75, 3.05) is 27.3 Å². The number of aryl methyl sites for hydroxylation is 1. The molecule has 0 aliphatic carbocycles. The Kier molecular flexibility index (Phi) is 13.4. The van der Waals surface area contributed by atoms with E-state index in [9.17, 15) is 19.2 Å². The van der Waals surface area contributed by atoms with Crippen molar-refractivity contribution in [3.63, 3.8) is 0 Å². The molecule has 0 saturated carbocycles. The number of nitrogens with zero attached hydrogens (tertiary/aromatic N) is 4. The van der Waals surface area contributed by atoms with E-state index in [0.717, 1.165) is 52.8 Å². The molecule has 0 bridgehead atoms. The first-order chi connectivity index (χ1) is 30.1. The fraction of sp³-hybridized carbons (Fsp3) is 0.333. The van der Waals surface area contributed by atoms with E-state index in [2.05, 4.69) is 61.4 Å². The molecule has 2 fully saturated rings. The third-order valence-corrected chi connectivity index (χ3v) is 11.3. The number of alkyl carbamates (subject to hydrolysis) is 2. The highest BCUT2D eigenvalue weighted by atomic mass is 16.5. The molecule has 4 atom stereocenters. The molecule has 0 unspecified atom stereocenters. The zero-order valence-corrected chi connectivity index (χ0v) is 35.5. The van der Waals surface area contributed by atoms with Gasteiger partial charge < -0.3 is 39.9 Å². The van der Waals surface area contributed by atoms with Gasteiger partial charge in [0.25, 0.3) is 5.91 Å². The third kappa shape index (κ3) is 9.50. The van der Waals surface area contributed by atoms with Crippen molar-refractivity contribution in [2.24, 2.45) is 5.92 Å². The van der Waals surface area contributed by atoms with Crippen molar-refractivity contribution in [3.05, 3.63) is 119 Å². The second-order valence-electron chi connectivity index (χ2n) is 15.7. The molecule has 4 heterocycles. The fourth-order valence-electron chi connectivity index (χ4n) is 8.15. The monoisotopic (exact) mass is 834 g/mol. The average molecular weight is 835 g/mol. The third-order valence-electron chi connectivity index (χ3n) is 11.3. The average Bonchev–Trinajstić information content (AvgIpc) is 4.14. The number of aromatic nitrogens is 4. The van der Waals surface area contributed by atoms with Crippen LogP contribution in [0.25, 0.3) is 22.4 Å². The lowest BCUT2D eigenvalue weighted by Crippen LogP contribution is -2.51. The molecule has 318 valence electrons. The largest absolute Gasteiger partial charge is 0.453 e. The minimum Gasteiger partial charge on any atom is -0.453 e. The van der Waals surface area contributed by atoms with Crippen LogP contribution in [0, 0.1) is 36.5 Å². The van der Waals surface area contributed by atoms with Crippen LogP contribution < -0.4 is 10.6 Å². The Morgan fingerprint density at radius 2 is 1.34 bits per heavy atom. The molecule has 4 amide bonds. The first-order valence-electron chi connectivity index (χ1n) is 20.7. The topological polar surface area (TPSA) is 175 Å². The first kappa shape index (κ1) is 42.8. The minimum absolute atomic E-state index is 0.133. The van der Waals surface area contributed by atoms with Gasteiger partial charge in [0, 0.05) is 24.2 Å². The van der Waals surface area contributed by atoms with Crippen molar-refractivity contribution >= 4 is 24.0 Å². The van der Waals surface area contributed by atoms with Gasteiger partial charge in [0.2, 0.25) is 5.91 Å². The van der Waals surface area contributed by atoms with Crippen LogP contribution in [-0.4, -0.2) is 87.1 Å². The summed E-state index contributed by atoms with van der Waals surface area (Å²) in [5, 5.41) is 5.40. The van der Waals surface area contributed by atoms with Crippen LogP contribution in [0.1, 0.15) is 91.7 Å². The summed E-state index contributed by atoms with van der Waals surface area (Å²) in [6.45, 7) is 6.88. The molecule has 2 saturated heterocycles. The molecule has 4 N–H and O–H groups in total. The van der Waals surface area contributed by atoms with E-state index < -0.39 is 24.3 Å². The van der Waals surface area contributed by atoms with E-state index in [1.165, 1.54) is 14.2 Å². The number of carbonyl (C=O) groups is 4. The van der Waals surface area contributed by atoms with Crippen LogP contribution in [0.4, 0.5) is 9.59 Å². The number of benzene rings is 3. The second kappa shape index (κ2) is 19.4. The Balaban J connectivity index is 1.10. The van der Waals surface area contributed by atoms with E-state index in [4.69, 9.17) is 14.5 Å². The lowest BCUT2D eigenvalue weighted by molar-refractivity contribution is -0.135. The predicted octanol–water partition coefficient (Wildman–Crippen LogP) is 6.98. The van der Waals surface area contributed by atoms with E-state index in [1.54, 1.807) is 34.3 Å². The van der Waals surface area contributed by atoms with Crippen LogP contribution in [0.2, 0.25) is 0 Å². The van der Waals surface area contributed by atoms with Gasteiger partial charge in [-0.05, 0) is 90.7 Å². The van der Waals surface area contributed by atoms with Crippen molar-refractivity contribution in [3.8, 4) is 46.1 Å². The summed E-state index contributed by atoms with van der Waals surface area (Å²) in [4.78, 5) is 71.5. The number of amides is 4. The Labute approximate surface area is 361 Å². The highest BCUT2D eigenvalue weighted by molar-refractivity contribution is 5.88. The number of imidazole rings is 2. The van der Waals surface area contributed by atoms with Gasteiger partial charge in [-0.1, -0.05) is 80.4 Å². The zero-order chi connectivity index (χ0) is 43.8. The fourth-order valence-corrected chi connectivity index (χ4v) is 8.15. The van der Waals surface area contributed by atoms with E-state index in [1.807, 2.05) is 69.3 Å². The quantitative estimate of drug-likeness (QED) is 0.109. The van der Waals surface area contributed by atoms with Gasteiger partial charge >= 0.3 is 12.2 Å². The Morgan fingerprint density at radius 3 is 2.00 bits per heavy atom. The number of likely N-dealkylation sites (tertiary alicyclic amines) is 2. The van der Waals surface area contributed by atoms with E-state index in [0.29, 0.717) is 42.4 Å². The number of ether oxygens (including phenoxy) is 2. The summed E-state index contributed by atoms with van der Waals surface area (Å²) in [6.07, 6.45) is 5.16. The van der Waals surface area contributed by atoms with Gasteiger partial charge in [-0.25, -0.2) is 19.6 Å². The lowest BCUT2D eigenvalue weighted by Gasteiger charge is -2.30. The molecule has 14 nitrogen and oxygen atoms in total. The van der Waals surface area contributed by atoms with Crippen molar-refractivity contribution in [1.29, 1.82) is 0 Å². The molecule has 2 aliphatic heterocycles. The summed E-state index contributed by atoms with van der Waals surface area (Å²) < 4.78 is 9.61. The number of aromatic amines is 2. The number of rotatable bonds is 10. The molecule has 0 radical (unpaired) electrons. The highest BCUT2D eigenvalue weighted by Gasteiger charge is 2.38. The maximum atomic E-state index is 13.9. The standard InChI is InChI=1S/C48H50N8O6/c1-30(2)41(53-47(59)61-4)45(57)55-24-15-23-40(55)44-50-29-38(52-44)34-26-31(3)36(37(27-34)32-16-8-6-9-17-32)21-13-12-20-35-28-49-43(51-35)39-22-14-25-56(39)46(58)42(54-48(60)62-5)33-18-10-7-11-19-33/h6-11,16-19,26-30,39-42H,14-15,22-25H2,1-5H3,(H,49,51)(H,50,52)(H,53,59)(H,54,60)/t39-,40-,41-,42+/m0/s1. The smallest absolute Gasteiger partial charge is 0.407 e. The number of carbonyl (C=O) groups excluding carboxylic acids is 4. The molecule has 5 aromatic rings. The molecule has 3 aromatic carbocycles. The molecule has 0 spiro atoms. The van der Waals surface area contributed by atoms with Gasteiger partial charge in [0.15, 0.2) is 0 Å². The Bertz CT molecular complexity index is 2540. The van der Waals surface area contributed by atoms with Crippen LogP contribution in [0.15, 0.2) is 85.2 Å². The molecular formula is C48H50N8O6. The molecule has 7 rings (SSSR count). The van der Waals surface area contributed by atoms with Gasteiger partial charge in [-0.3, -0.25) is 9.59 Å². The van der Waals surface area contributed by atoms with Gasteiger partial charge in [0.1, 0.15) is 29.4 Å². The summed E-state index contributed by atoms with van der Waals surface area (Å²) >= 11 is 0. The van der Waals surface area contributed by atoms with Crippen LogP contribution in [0.5, 0.6) is 0 Å². The number of hydrogen-bond donors (Lipinski definition) is 4. The predicted molar refractivity (Wildman–Crippen MR) is 233 cm³/mol. The van der Waals surface area contributed by atoms with Crippen molar-refractivity contribution in [1.82, 2.24) is 40.4 Å². The Hall–Kier alpha value is -7.32. The summed E-state index contributed by atoms with van der Waals surface area (Å²) in [5.74, 6) is 13.2. The van der Waals surface area contributed by atoms with Gasteiger partial charge in [-0.2, -0.15) is 0 Å². The number of H-pyrrole nitrogens is 2. The van der Waals surface area contributed by atoms with Crippen molar-refractivity contribution in [2.45, 2.75) is 70.6 Å². The van der Waals surface area contributed by atoms with Crippen LogP contribution in [0.3, 0.4) is 0 Å². The van der Waals surface area contributed by atoms with Gasteiger partial charge in [0.05, 0.1) is 44.4 Å². The molecule has 2 aliphatic rings. The van der Waals surface area contributed by atoms with Gasteiger partial charge in [-0.15, -0.1) is 0 Å². The number of hydrogen-bond acceptors (Lipinski definition) is 8. The maximum Gasteiger partial charge on any atom is 0.407 e. The molecule has 2 aromatic heterocycles. The molecule has 14 heteroatoms. The SMILES string of the molecule is COC(=O)N[C@H](C(=O)N1CCC[C@H]1c1ncc(-c2cc(C)c(C#CC#Cc3cnc([C@@H]4CCCN4C(=O)[C@H](NC(=O)OC)c4ccccc4)[nH]3)c(-c3ccccc3)c2)[nH]1)C(C)C. The van der Waals surface area contributed by atoms with E-state index >= 15 is 0 Å². The minimum atomic E-state index is -0.911. The van der Waals surface area contributed by atoms with Crippen LogP contribution in [-0.2, 0) is 19.1 Å². The summed E-state index contributed by atoms with van der Waals surface area (Å²) in [6, 6.07) is 21.1. The summed E-state index contributed by atoms with van der Waals surface area (Å²) in [5.41, 5.74) is 6.64. The molecule has 62 heavy (non-hydrogen) atoms. The summed E-state index contributed by atoms with van der Waals surface area (Å²) in [7, 11) is 2.55.